The van der Waals surface area contributed by atoms with Gasteiger partial charge in [0.2, 0.25) is 0 Å². The normalized spacial score (nSPS) is 13.2. The molecule has 0 spiro atoms. The Kier molecular flexibility index (Phi) is 8.90. The number of carbonyl (C=O) groups excluding carboxylic acids is 3. The molecule has 1 N–H and O–H groups in total. The molecule has 0 aromatic heterocycles. The Bertz CT molecular complexity index is 1030. The van der Waals surface area contributed by atoms with Crippen molar-refractivity contribution in [1.82, 2.24) is 4.90 Å². The van der Waals surface area contributed by atoms with Gasteiger partial charge in [-0.15, -0.1) is 0 Å². The molecule has 3 rings (SSSR count). The van der Waals surface area contributed by atoms with Crippen molar-refractivity contribution in [3.63, 3.8) is 0 Å². The van der Waals surface area contributed by atoms with E-state index < -0.39 is 18.5 Å². The van der Waals surface area contributed by atoms with Gasteiger partial charge in [0.05, 0.1) is 12.2 Å². The largest absolute Gasteiger partial charge is 0.490 e. The molecular formula is C26H32N2O6. The number of rotatable bonds is 9. The van der Waals surface area contributed by atoms with Crippen LogP contribution in [-0.2, 0) is 14.3 Å². The van der Waals surface area contributed by atoms with Crippen LogP contribution < -0.4 is 14.8 Å². The lowest BCUT2D eigenvalue weighted by atomic mass is 10.1. The van der Waals surface area contributed by atoms with Gasteiger partial charge in [-0.05, 0) is 81.5 Å². The first-order valence-electron chi connectivity index (χ1n) is 11.6. The number of aryl methyl sites for hydroxylation is 2. The van der Waals surface area contributed by atoms with Crippen LogP contribution in [0.25, 0.3) is 0 Å². The molecule has 182 valence electrons. The van der Waals surface area contributed by atoms with Crippen molar-refractivity contribution in [2.24, 2.45) is 0 Å². The smallest absolute Gasteiger partial charge is 0.338 e. The number of piperidine rings is 1. The number of esters is 1. The molecule has 1 heterocycles. The average Bonchev–Trinajstić information content (AvgIpc) is 2.84. The molecule has 0 saturated carbocycles. The molecule has 34 heavy (non-hydrogen) atoms. The van der Waals surface area contributed by atoms with Crippen LogP contribution in [0.5, 0.6) is 11.5 Å². The average molecular weight is 469 g/mol. The lowest BCUT2D eigenvalue weighted by Crippen LogP contribution is -2.38. The quantitative estimate of drug-likeness (QED) is 0.561. The number of amides is 2. The van der Waals surface area contributed by atoms with Gasteiger partial charge in [0.1, 0.15) is 0 Å². The van der Waals surface area contributed by atoms with Crippen molar-refractivity contribution >= 4 is 23.5 Å². The summed E-state index contributed by atoms with van der Waals surface area (Å²) in [6.45, 7) is 7.10. The third-order valence-corrected chi connectivity index (χ3v) is 5.66. The zero-order chi connectivity index (χ0) is 24.5. The van der Waals surface area contributed by atoms with Crippen molar-refractivity contribution in [3.8, 4) is 11.5 Å². The zero-order valence-corrected chi connectivity index (χ0v) is 20.0. The van der Waals surface area contributed by atoms with Gasteiger partial charge in [-0.2, -0.15) is 0 Å². The van der Waals surface area contributed by atoms with E-state index >= 15 is 0 Å². The summed E-state index contributed by atoms with van der Waals surface area (Å²) in [6.07, 6.45) is 3.16. The first-order valence-corrected chi connectivity index (χ1v) is 11.6. The maximum absolute atomic E-state index is 12.5. The molecule has 2 amide bonds. The topological polar surface area (TPSA) is 94.2 Å². The number of likely N-dealkylation sites (tertiary alicyclic amines) is 1. The molecule has 1 fully saturated rings. The minimum Gasteiger partial charge on any atom is -0.490 e. The van der Waals surface area contributed by atoms with E-state index in [2.05, 4.69) is 5.32 Å². The Labute approximate surface area is 200 Å². The zero-order valence-electron chi connectivity index (χ0n) is 20.0. The van der Waals surface area contributed by atoms with Crippen LogP contribution >= 0.6 is 0 Å². The highest BCUT2D eigenvalue weighted by atomic mass is 16.5. The predicted octanol–water partition coefficient (Wildman–Crippen LogP) is 3.89. The van der Waals surface area contributed by atoms with Crippen LogP contribution in [-0.4, -0.2) is 55.6 Å². The summed E-state index contributed by atoms with van der Waals surface area (Å²) >= 11 is 0. The number of carbonyl (C=O) groups is 3. The monoisotopic (exact) mass is 468 g/mol. The third-order valence-electron chi connectivity index (χ3n) is 5.66. The predicted molar refractivity (Wildman–Crippen MR) is 128 cm³/mol. The highest BCUT2D eigenvalue weighted by Gasteiger charge is 2.19. The minimum absolute atomic E-state index is 0.0691. The van der Waals surface area contributed by atoms with Crippen molar-refractivity contribution < 1.29 is 28.6 Å². The van der Waals surface area contributed by atoms with Gasteiger partial charge < -0.3 is 24.4 Å². The first-order chi connectivity index (χ1) is 16.4. The SMILES string of the molecule is CCOc1cc(C(=O)OCC(=O)Nc2ccc(C)c(C)c2)ccc1OCC(=O)N1CCCCC1. The molecule has 0 radical (unpaired) electrons. The van der Waals surface area contributed by atoms with Gasteiger partial charge in [0, 0.05) is 18.8 Å². The number of ether oxygens (including phenoxy) is 3. The molecule has 2 aromatic carbocycles. The summed E-state index contributed by atoms with van der Waals surface area (Å²) < 4.78 is 16.4. The third kappa shape index (κ3) is 6.97. The van der Waals surface area contributed by atoms with Crippen LogP contribution in [0.3, 0.4) is 0 Å². The summed E-state index contributed by atoms with van der Waals surface area (Å²) in [5.74, 6) is -0.454. The molecule has 0 atom stereocenters. The Morgan fingerprint density at radius 1 is 0.882 bits per heavy atom. The fourth-order valence-corrected chi connectivity index (χ4v) is 3.63. The summed E-state index contributed by atoms with van der Waals surface area (Å²) in [7, 11) is 0. The van der Waals surface area contributed by atoms with Crippen LogP contribution in [0, 0.1) is 13.8 Å². The van der Waals surface area contributed by atoms with E-state index in [4.69, 9.17) is 14.2 Å². The van der Waals surface area contributed by atoms with E-state index in [0.717, 1.165) is 43.5 Å². The number of hydrogen-bond donors (Lipinski definition) is 1. The highest BCUT2D eigenvalue weighted by molar-refractivity contribution is 5.95. The maximum Gasteiger partial charge on any atom is 0.338 e. The van der Waals surface area contributed by atoms with Crippen molar-refractivity contribution in [1.29, 1.82) is 0 Å². The van der Waals surface area contributed by atoms with Gasteiger partial charge in [0.25, 0.3) is 11.8 Å². The van der Waals surface area contributed by atoms with E-state index in [0.29, 0.717) is 23.8 Å². The fourth-order valence-electron chi connectivity index (χ4n) is 3.63. The molecule has 8 nitrogen and oxygen atoms in total. The standard InChI is InChI=1S/C26H32N2O6/c1-4-32-23-15-20(9-11-22(23)33-17-25(30)28-12-6-5-7-13-28)26(31)34-16-24(29)27-21-10-8-18(2)19(3)14-21/h8-11,14-15H,4-7,12-13,16-17H2,1-3H3,(H,27,29). The number of benzene rings is 2. The second-order valence-electron chi connectivity index (χ2n) is 8.25. The number of nitrogens with one attached hydrogen (secondary N) is 1. The van der Waals surface area contributed by atoms with Gasteiger partial charge in [-0.1, -0.05) is 6.07 Å². The van der Waals surface area contributed by atoms with Crippen LogP contribution in [0.15, 0.2) is 36.4 Å². The van der Waals surface area contributed by atoms with Gasteiger partial charge in [0.15, 0.2) is 24.7 Å². The van der Waals surface area contributed by atoms with Crippen LogP contribution in [0.4, 0.5) is 5.69 Å². The lowest BCUT2D eigenvalue weighted by molar-refractivity contribution is -0.134. The molecular weight excluding hydrogens is 436 g/mol. The Balaban J connectivity index is 1.56. The number of hydrogen-bond acceptors (Lipinski definition) is 6. The summed E-state index contributed by atoms with van der Waals surface area (Å²) in [4.78, 5) is 38.8. The van der Waals surface area contributed by atoms with Crippen molar-refractivity contribution in [2.75, 3.05) is 38.2 Å². The second kappa shape index (κ2) is 12.1. The Morgan fingerprint density at radius 2 is 1.65 bits per heavy atom. The van der Waals surface area contributed by atoms with Crippen LogP contribution in [0.1, 0.15) is 47.7 Å². The van der Waals surface area contributed by atoms with Crippen molar-refractivity contribution in [3.05, 3.63) is 53.1 Å². The number of nitrogens with zero attached hydrogens (tertiary/aromatic N) is 1. The molecule has 0 aliphatic carbocycles. The Hall–Kier alpha value is -3.55. The molecule has 1 aliphatic heterocycles. The summed E-state index contributed by atoms with van der Waals surface area (Å²) in [5, 5.41) is 2.72. The molecule has 0 unspecified atom stereocenters. The molecule has 2 aromatic rings. The second-order valence-corrected chi connectivity index (χ2v) is 8.25. The first kappa shape index (κ1) is 25.1. The highest BCUT2D eigenvalue weighted by Crippen LogP contribution is 2.29. The molecule has 8 heteroatoms. The fraction of sp³-hybridized carbons (Fsp3) is 0.423. The van der Waals surface area contributed by atoms with E-state index in [1.165, 1.54) is 12.1 Å². The van der Waals surface area contributed by atoms with E-state index in [-0.39, 0.29) is 18.1 Å². The lowest BCUT2D eigenvalue weighted by Gasteiger charge is -2.26. The summed E-state index contributed by atoms with van der Waals surface area (Å²) in [5.41, 5.74) is 3.04. The number of anilines is 1. The van der Waals surface area contributed by atoms with Crippen molar-refractivity contribution in [2.45, 2.75) is 40.0 Å². The van der Waals surface area contributed by atoms with Gasteiger partial charge in [-0.3, -0.25) is 9.59 Å². The van der Waals surface area contributed by atoms with E-state index in [9.17, 15) is 14.4 Å². The maximum atomic E-state index is 12.5. The van der Waals surface area contributed by atoms with Gasteiger partial charge in [-0.25, -0.2) is 4.79 Å². The van der Waals surface area contributed by atoms with Gasteiger partial charge >= 0.3 is 5.97 Å². The molecule has 0 bridgehead atoms. The van der Waals surface area contributed by atoms with E-state index in [1.54, 1.807) is 17.0 Å². The molecule has 1 aliphatic rings. The van der Waals surface area contributed by atoms with E-state index in [1.807, 2.05) is 32.9 Å². The van der Waals surface area contributed by atoms with Crippen LogP contribution in [0.2, 0.25) is 0 Å². The minimum atomic E-state index is -0.660. The summed E-state index contributed by atoms with van der Waals surface area (Å²) in [6, 6.07) is 10.2. The molecule has 1 saturated heterocycles. The Morgan fingerprint density at radius 3 is 2.35 bits per heavy atom.